The largest absolute Gasteiger partial charge is 0.326 e. The lowest BCUT2D eigenvalue weighted by atomic mass is 9.89. The van der Waals surface area contributed by atoms with Crippen LogP contribution in [0, 0.1) is 5.41 Å². The van der Waals surface area contributed by atoms with Gasteiger partial charge in [0.2, 0.25) is 10.0 Å². The van der Waals surface area contributed by atoms with Crippen molar-refractivity contribution in [3.8, 4) is 0 Å². The van der Waals surface area contributed by atoms with E-state index in [1.807, 2.05) is 20.8 Å². The Morgan fingerprint density at radius 3 is 1.92 bits per heavy atom. The van der Waals surface area contributed by atoms with E-state index in [2.05, 4.69) is 0 Å². The minimum absolute atomic E-state index is 0.00347. The monoisotopic (exact) mass is 208 g/mol. The third kappa shape index (κ3) is 4.06. The lowest BCUT2D eigenvalue weighted by molar-refractivity contribution is 0.337. The highest BCUT2D eigenvalue weighted by atomic mass is 32.2. The van der Waals surface area contributed by atoms with Gasteiger partial charge in [0.1, 0.15) is 0 Å². The molecular formula is C8H20N2O2S. The molecule has 0 saturated carbocycles. The van der Waals surface area contributed by atoms with Crippen molar-refractivity contribution in [2.75, 3.05) is 19.8 Å². The molecule has 0 fully saturated rings. The second kappa shape index (κ2) is 3.94. The minimum Gasteiger partial charge on any atom is -0.326 e. The van der Waals surface area contributed by atoms with Gasteiger partial charge in [0.05, 0.1) is 5.75 Å². The van der Waals surface area contributed by atoms with E-state index in [1.165, 1.54) is 18.4 Å². The van der Waals surface area contributed by atoms with Crippen LogP contribution in [0.25, 0.3) is 0 Å². The quantitative estimate of drug-likeness (QED) is 0.723. The maximum absolute atomic E-state index is 11.4. The molecule has 1 atom stereocenters. The van der Waals surface area contributed by atoms with Gasteiger partial charge in [-0.25, -0.2) is 12.7 Å². The van der Waals surface area contributed by atoms with E-state index < -0.39 is 10.0 Å². The predicted molar refractivity (Wildman–Crippen MR) is 54.9 cm³/mol. The van der Waals surface area contributed by atoms with E-state index in [1.54, 1.807) is 0 Å². The molecule has 0 aromatic carbocycles. The Hall–Kier alpha value is -0.130. The Morgan fingerprint density at radius 1 is 1.31 bits per heavy atom. The third-order valence-electron chi connectivity index (χ3n) is 2.06. The van der Waals surface area contributed by atoms with Crippen LogP contribution in [0.2, 0.25) is 0 Å². The van der Waals surface area contributed by atoms with Gasteiger partial charge in [-0.3, -0.25) is 0 Å². The minimum atomic E-state index is -3.17. The highest BCUT2D eigenvalue weighted by Gasteiger charge is 2.27. The number of hydrogen-bond acceptors (Lipinski definition) is 3. The van der Waals surface area contributed by atoms with Gasteiger partial charge in [0.25, 0.3) is 0 Å². The molecule has 0 spiro atoms. The second-order valence-electron chi connectivity index (χ2n) is 4.53. The molecule has 5 heteroatoms. The van der Waals surface area contributed by atoms with Gasteiger partial charge in [0, 0.05) is 20.1 Å². The molecule has 0 aromatic heterocycles. The summed E-state index contributed by atoms with van der Waals surface area (Å²) in [6, 6.07) is -0.333. The van der Waals surface area contributed by atoms with Crippen LogP contribution in [-0.4, -0.2) is 38.6 Å². The van der Waals surface area contributed by atoms with Gasteiger partial charge in [-0.2, -0.15) is 0 Å². The summed E-state index contributed by atoms with van der Waals surface area (Å²) < 4.78 is 24.1. The maximum Gasteiger partial charge on any atom is 0.215 e. The smallest absolute Gasteiger partial charge is 0.215 e. The molecule has 80 valence electrons. The Morgan fingerprint density at radius 2 is 1.69 bits per heavy atom. The first kappa shape index (κ1) is 12.9. The van der Waals surface area contributed by atoms with Gasteiger partial charge < -0.3 is 5.73 Å². The first-order chi connectivity index (χ1) is 5.57. The zero-order valence-electron chi connectivity index (χ0n) is 9.03. The summed E-state index contributed by atoms with van der Waals surface area (Å²) in [4.78, 5) is 0. The molecular weight excluding hydrogens is 188 g/mol. The van der Waals surface area contributed by atoms with Crippen molar-refractivity contribution < 1.29 is 8.42 Å². The van der Waals surface area contributed by atoms with Crippen molar-refractivity contribution in [3.63, 3.8) is 0 Å². The summed E-state index contributed by atoms with van der Waals surface area (Å²) in [6.07, 6.45) is 0. The maximum atomic E-state index is 11.4. The molecule has 0 radical (unpaired) electrons. The zero-order valence-corrected chi connectivity index (χ0v) is 9.85. The second-order valence-corrected chi connectivity index (χ2v) is 6.76. The normalized spacial score (nSPS) is 16.2. The Bertz CT molecular complexity index is 252. The van der Waals surface area contributed by atoms with Crippen molar-refractivity contribution in [1.82, 2.24) is 4.31 Å². The Kier molecular flexibility index (Phi) is 3.90. The molecule has 0 saturated heterocycles. The predicted octanol–water partition coefficient (Wildman–Crippen LogP) is 0.251. The standard InChI is InChI=1S/C8H20N2O2S/c1-8(2,3)7(9)6-13(11,12)10(4)5/h7H,6,9H2,1-5H3/t7-/m1/s1. The summed E-state index contributed by atoms with van der Waals surface area (Å²) >= 11 is 0. The van der Waals surface area contributed by atoms with Crippen LogP contribution in [0.1, 0.15) is 20.8 Å². The molecule has 0 heterocycles. The van der Waals surface area contributed by atoms with Crippen LogP contribution < -0.4 is 5.73 Å². The van der Waals surface area contributed by atoms with E-state index in [-0.39, 0.29) is 17.2 Å². The van der Waals surface area contributed by atoms with E-state index in [4.69, 9.17) is 5.73 Å². The summed E-state index contributed by atoms with van der Waals surface area (Å²) in [6.45, 7) is 5.80. The highest BCUT2D eigenvalue weighted by molar-refractivity contribution is 7.89. The molecule has 0 amide bonds. The van der Waals surface area contributed by atoms with Crippen molar-refractivity contribution in [2.24, 2.45) is 11.1 Å². The average Bonchev–Trinajstić information content (AvgIpc) is 1.83. The highest BCUT2D eigenvalue weighted by Crippen LogP contribution is 2.18. The van der Waals surface area contributed by atoms with E-state index in [0.29, 0.717) is 0 Å². The molecule has 2 N–H and O–H groups in total. The summed E-state index contributed by atoms with van der Waals surface area (Å²) in [5, 5.41) is 0. The van der Waals surface area contributed by atoms with Crippen molar-refractivity contribution in [1.29, 1.82) is 0 Å². The van der Waals surface area contributed by atoms with E-state index in [9.17, 15) is 8.42 Å². The SMILES string of the molecule is CN(C)S(=O)(=O)C[C@@H](N)C(C)(C)C. The van der Waals surface area contributed by atoms with Crippen molar-refractivity contribution in [2.45, 2.75) is 26.8 Å². The van der Waals surface area contributed by atoms with Crippen LogP contribution in [0.15, 0.2) is 0 Å². The first-order valence-electron chi connectivity index (χ1n) is 4.23. The molecule has 0 rings (SSSR count). The summed E-state index contributed by atoms with van der Waals surface area (Å²) in [5.41, 5.74) is 5.59. The number of nitrogens with two attached hydrogens (primary N) is 1. The van der Waals surface area contributed by atoms with Crippen molar-refractivity contribution in [3.05, 3.63) is 0 Å². The summed E-state index contributed by atoms with van der Waals surface area (Å²) in [5.74, 6) is 0.00347. The number of nitrogens with zero attached hydrogens (tertiary/aromatic N) is 1. The first-order valence-corrected chi connectivity index (χ1v) is 5.84. The molecule has 0 aliphatic rings. The number of rotatable bonds is 3. The van der Waals surface area contributed by atoms with Crippen molar-refractivity contribution >= 4 is 10.0 Å². The fourth-order valence-electron chi connectivity index (χ4n) is 0.626. The van der Waals surface area contributed by atoms with Crippen LogP contribution in [0.3, 0.4) is 0 Å². The molecule has 0 aliphatic carbocycles. The molecule has 0 bridgehead atoms. The summed E-state index contributed by atoms with van der Waals surface area (Å²) in [7, 11) is -0.135. The number of sulfonamides is 1. The molecule has 0 aliphatic heterocycles. The van der Waals surface area contributed by atoms with Gasteiger partial charge in [-0.1, -0.05) is 20.8 Å². The number of hydrogen-bond donors (Lipinski definition) is 1. The van der Waals surface area contributed by atoms with Gasteiger partial charge in [0.15, 0.2) is 0 Å². The molecule has 0 unspecified atom stereocenters. The third-order valence-corrected chi connectivity index (χ3v) is 3.95. The Balaban J connectivity index is 4.48. The topological polar surface area (TPSA) is 63.4 Å². The van der Waals surface area contributed by atoms with Crippen LogP contribution in [0.4, 0.5) is 0 Å². The average molecular weight is 208 g/mol. The van der Waals surface area contributed by atoms with Crippen LogP contribution in [0.5, 0.6) is 0 Å². The molecule has 4 nitrogen and oxygen atoms in total. The Labute approximate surface area is 81.2 Å². The fourth-order valence-corrected chi connectivity index (χ4v) is 1.88. The fraction of sp³-hybridized carbons (Fsp3) is 1.00. The lowest BCUT2D eigenvalue weighted by Crippen LogP contribution is -2.43. The zero-order chi connectivity index (χ0) is 10.9. The van der Waals surface area contributed by atoms with Gasteiger partial charge >= 0.3 is 0 Å². The van der Waals surface area contributed by atoms with Crippen LogP contribution >= 0.6 is 0 Å². The lowest BCUT2D eigenvalue weighted by Gasteiger charge is -2.27. The van der Waals surface area contributed by atoms with E-state index >= 15 is 0 Å². The van der Waals surface area contributed by atoms with Gasteiger partial charge in [-0.05, 0) is 5.41 Å². The van der Waals surface area contributed by atoms with Gasteiger partial charge in [-0.15, -0.1) is 0 Å². The molecule has 13 heavy (non-hydrogen) atoms. The van der Waals surface area contributed by atoms with Crippen LogP contribution in [-0.2, 0) is 10.0 Å². The van der Waals surface area contributed by atoms with E-state index in [0.717, 1.165) is 0 Å². The molecule has 0 aromatic rings.